The van der Waals surface area contributed by atoms with Crippen molar-refractivity contribution in [3.05, 3.63) is 108 Å². The molecule has 1 spiro atoms. The predicted octanol–water partition coefficient (Wildman–Crippen LogP) is 7.37. The van der Waals surface area contributed by atoms with Gasteiger partial charge < -0.3 is 0 Å². The van der Waals surface area contributed by atoms with Crippen molar-refractivity contribution in [2.24, 2.45) is 0 Å². The van der Waals surface area contributed by atoms with Crippen LogP contribution in [0, 0.1) is 0 Å². The van der Waals surface area contributed by atoms with Gasteiger partial charge in [0, 0.05) is 12.4 Å². The predicted molar refractivity (Wildman–Crippen MR) is 126 cm³/mol. The van der Waals surface area contributed by atoms with E-state index in [0.717, 1.165) is 22.5 Å². The van der Waals surface area contributed by atoms with Crippen LogP contribution >= 0.6 is 0 Å². The molecule has 2 aromatic rings. The zero-order valence-electron chi connectivity index (χ0n) is 18.6. The number of rotatable bonds is 2. The van der Waals surface area contributed by atoms with Gasteiger partial charge in [0.25, 0.3) is 0 Å². The summed E-state index contributed by atoms with van der Waals surface area (Å²) in [5, 5.41) is 0. The van der Waals surface area contributed by atoms with Crippen molar-refractivity contribution in [3.8, 4) is 11.4 Å². The standard InChI is InChI=1S/C23H20N2.2C2H6/c1-5-15-16(6-2)18(8-4)23(17(15)7-3)19-11-9-13-24-21(19)22-20(23)12-10-14-25-22;2*1-2/h5-14H,1,3H2,2,4H3;2*1-2H3/b16-6-,18-8+;;. The molecule has 0 bridgehead atoms. The summed E-state index contributed by atoms with van der Waals surface area (Å²) in [7, 11) is 0. The van der Waals surface area contributed by atoms with Gasteiger partial charge in [0.1, 0.15) is 0 Å². The van der Waals surface area contributed by atoms with E-state index in [1.807, 2.05) is 64.4 Å². The van der Waals surface area contributed by atoms with E-state index in [4.69, 9.17) is 0 Å². The number of allylic oxidation sites excluding steroid dienone is 8. The molecule has 2 aromatic heterocycles. The maximum atomic E-state index is 4.67. The van der Waals surface area contributed by atoms with E-state index in [1.165, 1.54) is 22.3 Å². The Morgan fingerprint density at radius 3 is 1.69 bits per heavy atom. The smallest absolute Gasteiger partial charge is 0.0937 e. The van der Waals surface area contributed by atoms with Crippen LogP contribution in [0.2, 0.25) is 0 Å². The molecule has 0 saturated heterocycles. The average Bonchev–Trinajstić information content (AvgIpc) is 3.26. The fraction of sp³-hybridized carbons (Fsp3) is 0.259. The van der Waals surface area contributed by atoms with Gasteiger partial charge in [-0.15, -0.1) is 0 Å². The summed E-state index contributed by atoms with van der Waals surface area (Å²) >= 11 is 0. The van der Waals surface area contributed by atoms with Crippen molar-refractivity contribution < 1.29 is 0 Å². The molecule has 0 saturated carbocycles. The van der Waals surface area contributed by atoms with E-state index in [-0.39, 0.29) is 0 Å². The minimum Gasteiger partial charge on any atom is -0.254 e. The summed E-state index contributed by atoms with van der Waals surface area (Å²) in [5.74, 6) is 0. The van der Waals surface area contributed by atoms with E-state index >= 15 is 0 Å². The van der Waals surface area contributed by atoms with Crippen molar-refractivity contribution in [1.29, 1.82) is 0 Å². The number of hydrogen-bond donors (Lipinski definition) is 0. The number of fused-ring (bicyclic) bond motifs is 5. The molecule has 2 heterocycles. The van der Waals surface area contributed by atoms with Crippen molar-refractivity contribution >= 4 is 0 Å². The fourth-order valence-electron chi connectivity index (χ4n) is 4.52. The lowest BCUT2D eigenvalue weighted by molar-refractivity contribution is 0.777. The molecular weight excluding hydrogens is 352 g/mol. The lowest BCUT2D eigenvalue weighted by atomic mass is 9.69. The van der Waals surface area contributed by atoms with Crippen LogP contribution in [0.15, 0.2) is 96.4 Å². The Labute approximate surface area is 176 Å². The SMILES string of the molecule is C=CC1=C(C=C)C2(C(=C/C)/C1=C\C)c1cccnc1-c1ncccc12.CC.CC. The minimum absolute atomic E-state index is 0.408. The molecule has 0 unspecified atom stereocenters. The zero-order valence-corrected chi connectivity index (χ0v) is 18.6. The third-order valence-electron chi connectivity index (χ3n) is 5.31. The van der Waals surface area contributed by atoms with Gasteiger partial charge >= 0.3 is 0 Å². The third-order valence-corrected chi connectivity index (χ3v) is 5.31. The quantitative estimate of drug-likeness (QED) is 0.540. The Bertz CT molecular complexity index is 957. The van der Waals surface area contributed by atoms with E-state index in [9.17, 15) is 0 Å². The van der Waals surface area contributed by atoms with Crippen LogP contribution in [0.5, 0.6) is 0 Å². The largest absolute Gasteiger partial charge is 0.254 e. The molecule has 0 aromatic carbocycles. The minimum atomic E-state index is -0.408. The van der Waals surface area contributed by atoms with E-state index in [1.54, 1.807) is 0 Å². The molecule has 2 aliphatic rings. The van der Waals surface area contributed by atoms with Crippen molar-refractivity contribution in [2.45, 2.75) is 47.0 Å². The summed E-state index contributed by atoms with van der Waals surface area (Å²) in [6, 6.07) is 8.33. The van der Waals surface area contributed by atoms with Gasteiger partial charge in [-0.1, -0.05) is 77.3 Å². The molecule has 0 N–H and O–H groups in total. The molecular formula is C27H32N2. The normalized spacial score (nSPS) is 17.9. The average molecular weight is 385 g/mol. The summed E-state index contributed by atoms with van der Waals surface area (Å²) in [6.07, 6.45) is 11.9. The molecule has 2 nitrogen and oxygen atoms in total. The van der Waals surface area contributed by atoms with Gasteiger partial charge in [0.05, 0.1) is 16.8 Å². The number of pyridine rings is 2. The highest BCUT2D eigenvalue weighted by molar-refractivity contribution is 5.88. The molecule has 2 heteroatoms. The highest BCUT2D eigenvalue weighted by atomic mass is 14.8. The maximum absolute atomic E-state index is 4.67. The molecule has 0 fully saturated rings. The number of aromatic nitrogens is 2. The van der Waals surface area contributed by atoms with Crippen molar-refractivity contribution in [3.63, 3.8) is 0 Å². The van der Waals surface area contributed by atoms with Crippen LogP contribution in [0.4, 0.5) is 0 Å². The zero-order chi connectivity index (χ0) is 21.6. The van der Waals surface area contributed by atoms with Crippen LogP contribution in [0.3, 0.4) is 0 Å². The van der Waals surface area contributed by atoms with Crippen LogP contribution in [0.25, 0.3) is 11.4 Å². The topological polar surface area (TPSA) is 25.8 Å². The Balaban J connectivity index is 0.000000707. The molecule has 0 aliphatic heterocycles. The number of hydrogen-bond acceptors (Lipinski definition) is 2. The second kappa shape index (κ2) is 9.47. The van der Waals surface area contributed by atoms with Crippen LogP contribution < -0.4 is 0 Å². The fourth-order valence-corrected chi connectivity index (χ4v) is 4.52. The first kappa shape index (κ1) is 22.3. The van der Waals surface area contributed by atoms with Crippen molar-refractivity contribution in [2.75, 3.05) is 0 Å². The Kier molecular flexibility index (Phi) is 7.28. The summed E-state index contributed by atoms with van der Waals surface area (Å²) in [4.78, 5) is 9.33. The molecule has 4 rings (SSSR count). The second-order valence-electron chi connectivity index (χ2n) is 6.19. The Hall–Kier alpha value is -3.00. The molecule has 0 radical (unpaired) electrons. The van der Waals surface area contributed by atoms with Crippen LogP contribution in [-0.2, 0) is 5.41 Å². The monoisotopic (exact) mass is 384 g/mol. The van der Waals surface area contributed by atoms with Crippen molar-refractivity contribution in [1.82, 2.24) is 9.97 Å². The second-order valence-corrected chi connectivity index (χ2v) is 6.19. The van der Waals surface area contributed by atoms with Gasteiger partial charge in [-0.05, 0) is 59.4 Å². The first-order valence-electron chi connectivity index (χ1n) is 10.5. The highest BCUT2D eigenvalue weighted by Crippen LogP contribution is 2.62. The lowest BCUT2D eigenvalue weighted by Gasteiger charge is -2.31. The molecule has 29 heavy (non-hydrogen) atoms. The van der Waals surface area contributed by atoms with E-state index in [2.05, 4.69) is 61.3 Å². The van der Waals surface area contributed by atoms with E-state index in [0.29, 0.717) is 0 Å². The van der Waals surface area contributed by atoms with E-state index < -0.39 is 5.41 Å². The summed E-state index contributed by atoms with van der Waals surface area (Å²) in [6.45, 7) is 20.4. The molecule has 0 atom stereocenters. The Morgan fingerprint density at radius 2 is 1.31 bits per heavy atom. The summed E-state index contributed by atoms with van der Waals surface area (Å²) < 4.78 is 0. The van der Waals surface area contributed by atoms with Gasteiger partial charge in [0.2, 0.25) is 0 Å². The highest BCUT2D eigenvalue weighted by Gasteiger charge is 2.54. The first-order valence-corrected chi connectivity index (χ1v) is 10.5. The lowest BCUT2D eigenvalue weighted by Crippen LogP contribution is -2.27. The van der Waals surface area contributed by atoms with Gasteiger partial charge in [-0.2, -0.15) is 0 Å². The van der Waals surface area contributed by atoms with Gasteiger partial charge in [-0.3, -0.25) is 9.97 Å². The maximum Gasteiger partial charge on any atom is 0.0937 e. The van der Waals surface area contributed by atoms with Crippen LogP contribution in [0.1, 0.15) is 52.7 Å². The Morgan fingerprint density at radius 1 is 0.793 bits per heavy atom. The first-order chi connectivity index (χ1) is 14.2. The van der Waals surface area contributed by atoms with Gasteiger partial charge in [-0.25, -0.2) is 0 Å². The molecule has 2 aliphatic carbocycles. The number of nitrogens with zero attached hydrogens (tertiary/aromatic N) is 2. The van der Waals surface area contributed by atoms with Crippen LogP contribution in [-0.4, -0.2) is 9.97 Å². The van der Waals surface area contributed by atoms with Gasteiger partial charge in [0.15, 0.2) is 0 Å². The molecule has 150 valence electrons. The molecule has 0 amide bonds. The summed E-state index contributed by atoms with van der Waals surface area (Å²) in [5.41, 5.74) is 8.59. The third kappa shape index (κ3) is 2.95.